The minimum atomic E-state index is -0.345. The summed E-state index contributed by atoms with van der Waals surface area (Å²) in [5.41, 5.74) is 2.03. The third kappa shape index (κ3) is 5.96. The second-order valence-electron chi connectivity index (χ2n) is 9.81. The number of nitrogens with zero attached hydrogens (tertiary/aromatic N) is 2. The number of halogens is 2. The molecule has 4 nitrogen and oxygen atoms in total. The monoisotopic (exact) mass is 557 g/mol. The molecule has 0 saturated carbocycles. The number of carbonyl (C=O) groups is 1. The molecule has 3 aliphatic heterocycles. The highest BCUT2D eigenvalue weighted by atomic mass is 79.9. The molecule has 0 spiro atoms. The Bertz CT molecular complexity index is 1130. The molecule has 4 heterocycles. The van der Waals surface area contributed by atoms with E-state index in [2.05, 4.69) is 46.3 Å². The number of hydrogen-bond acceptors (Lipinski definition) is 3. The summed E-state index contributed by atoms with van der Waals surface area (Å²) in [6, 6.07) is 20.7. The number of amides is 1. The molecule has 35 heavy (non-hydrogen) atoms. The van der Waals surface area contributed by atoms with E-state index < -0.39 is 0 Å². The predicted octanol–water partition coefficient (Wildman–Crippen LogP) is 7.03. The third-order valence-corrected chi connectivity index (χ3v) is 9.14. The number of fused-ring (bicyclic) bond motifs is 3. The van der Waals surface area contributed by atoms with Crippen molar-refractivity contribution >= 4 is 39.0 Å². The van der Waals surface area contributed by atoms with Crippen molar-refractivity contribution in [2.45, 2.75) is 38.3 Å². The van der Waals surface area contributed by atoms with Crippen LogP contribution < -0.4 is 4.90 Å². The van der Waals surface area contributed by atoms with Crippen molar-refractivity contribution in [3.8, 4) is 0 Å². The van der Waals surface area contributed by atoms with Crippen LogP contribution in [0.3, 0.4) is 0 Å². The largest absolute Gasteiger partial charge is 0.440 e. The first-order chi connectivity index (χ1) is 17.0. The fraction of sp³-hybridized carbons (Fsp3) is 0.393. The average Bonchev–Trinajstić information content (AvgIpc) is 3.29. The Morgan fingerprint density at radius 1 is 1.06 bits per heavy atom. The first kappa shape index (κ1) is 24.5. The van der Waals surface area contributed by atoms with Crippen LogP contribution in [0.25, 0.3) is 0 Å². The highest BCUT2D eigenvalue weighted by Gasteiger charge is 2.47. The molecule has 2 aromatic carbocycles. The number of ether oxygens (including phenoxy) is 1. The molecule has 2 bridgehead atoms. The van der Waals surface area contributed by atoms with Crippen LogP contribution in [-0.4, -0.2) is 42.9 Å². The van der Waals surface area contributed by atoms with Gasteiger partial charge in [0.05, 0.1) is 30.0 Å². The summed E-state index contributed by atoms with van der Waals surface area (Å²) >= 11 is 5.09. The van der Waals surface area contributed by atoms with E-state index in [1.54, 1.807) is 28.4 Å². The van der Waals surface area contributed by atoms with Crippen molar-refractivity contribution in [3.63, 3.8) is 0 Å². The third-order valence-electron chi connectivity index (χ3n) is 7.54. The van der Waals surface area contributed by atoms with E-state index in [1.807, 2.05) is 12.1 Å². The van der Waals surface area contributed by atoms with Crippen LogP contribution in [0.15, 0.2) is 70.5 Å². The average molecular weight is 559 g/mol. The smallest absolute Gasteiger partial charge is 0.415 e. The number of piperidine rings is 3. The lowest BCUT2D eigenvalue weighted by molar-refractivity contribution is -0.946. The summed E-state index contributed by atoms with van der Waals surface area (Å²) in [5, 5.41) is 0. The van der Waals surface area contributed by atoms with Gasteiger partial charge in [-0.25, -0.2) is 9.18 Å². The second-order valence-corrected chi connectivity index (χ2v) is 12.4. The molecule has 3 fully saturated rings. The van der Waals surface area contributed by atoms with Gasteiger partial charge in [-0.2, -0.15) is 0 Å². The van der Waals surface area contributed by atoms with Gasteiger partial charge in [0.25, 0.3) is 0 Å². The van der Waals surface area contributed by atoms with Crippen LogP contribution in [-0.2, 0) is 17.7 Å². The fourth-order valence-electron chi connectivity index (χ4n) is 5.60. The molecule has 184 valence electrons. The standard InChI is InChI=1S/C28H31BrFN2O2S/c29-27-13-12-25(35-27)19-31(24-10-8-23(30)9-11-24)28(33)34-26-20-32(17-14-22(26)15-18-32)16-4-7-21-5-2-1-3-6-21/h1-3,5-6,8-13,22,26H,4,7,14-20H2/q+1/t22?,26-,32?/m0/s1. The Hall–Kier alpha value is -2.22. The lowest BCUT2D eigenvalue weighted by Crippen LogP contribution is -2.65. The van der Waals surface area contributed by atoms with Crippen molar-refractivity contribution in [2.75, 3.05) is 31.1 Å². The van der Waals surface area contributed by atoms with Crippen LogP contribution in [0.4, 0.5) is 14.9 Å². The van der Waals surface area contributed by atoms with Crippen LogP contribution in [0.2, 0.25) is 0 Å². The Balaban J connectivity index is 1.26. The van der Waals surface area contributed by atoms with Crippen molar-refractivity contribution < 1.29 is 18.4 Å². The van der Waals surface area contributed by atoms with Gasteiger partial charge in [-0.3, -0.25) is 4.90 Å². The normalized spacial score (nSPS) is 23.3. The minimum Gasteiger partial charge on any atom is -0.440 e. The topological polar surface area (TPSA) is 29.5 Å². The van der Waals surface area contributed by atoms with Crippen molar-refractivity contribution in [1.82, 2.24) is 0 Å². The van der Waals surface area contributed by atoms with E-state index in [1.165, 1.54) is 30.8 Å². The summed E-state index contributed by atoms with van der Waals surface area (Å²) < 4.78 is 21.8. The maximum atomic E-state index is 13.6. The molecule has 3 saturated heterocycles. The summed E-state index contributed by atoms with van der Waals surface area (Å²) in [5.74, 6) is 0.110. The van der Waals surface area contributed by atoms with Crippen LogP contribution in [0, 0.1) is 11.7 Å². The summed E-state index contributed by atoms with van der Waals surface area (Å²) in [6.45, 7) is 4.78. The Morgan fingerprint density at radius 3 is 2.49 bits per heavy atom. The lowest BCUT2D eigenvalue weighted by atomic mass is 9.83. The number of rotatable bonds is 8. The van der Waals surface area contributed by atoms with E-state index in [0.29, 0.717) is 18.2 Å². The first-order valence-corrected chi connectivity index (χ1v) is 14.0. The predicted molar refractivity (Wildman–Crippen MR) is 142 cm³/mol. The number of carbonyl (C=O) groups excluding carboxylic acids is 1. The van der Waals surface area contributed by atoms with E-state index in [4.69, 9.17) is 4.74 Å². The van der Waals surface area contributed by atoms with Gasteiger partial charge in [0.15, 0.2) is 6.10 Å². The van der Waals surface area contributed by atoms with Crippen molar-refractivity contribution in [2.24, 2.45) is 5.92 Å². The first-order valence-electron chi connectivity index (χ1n) is 12.4. The summed E-state index contributed by atoms with van der Waals surface area (Å²) in [6.07, 6.45) is 4.03. The molecule has 6 rings (SSSR count). The lowest BCUT2D eigenvalue weighted by Gasteiger charge is -2.52. The zero-order valence-corrected chi connectivity index (χ0v) is 22.1. The highest BCUT2D eigenvalue weighted by molar-refractivity contribution is 9.11. The molecule has 0 N–H and O–H groups in total. The summed E-state index contributed by atoms with van der Waals surface area (Å²) in [4.78, 5) is 16.2. The van der Waals surface area contributed by atoms with Gasteiger partial charge >= 0.3 is 6.09 Å². The zero-order valence-electron chi connectivity index (χ0n) is 19.7. The minimum absolute atomic E-state index is 0.0697. The van der Waals surface area contributed by atoms with Gasteiger partial charge in [0.2, 0.25) is 0 Å². The fourth-order valence-corrected chi connectivity index (χ4v) is 7.07. The highest BCUT2D eigenvalue weighted by Crippen LogP contribution is 2.37. The molecular formula is C28H31BrFN2O2S+. The SMILES string of the molecule is O=C(O[C@H]1C[N+]2(CCCc3ccccc3)CCC1CC2)N(Cc1ccc(Br)s1)c1ccc(F)cc1. The van der Waals surface area contributed by atoms with Crippen LogP contribution >= 0.6 is 27.3 Å². The molecule has 0 unspecified atom stereocenters. The number of quaternary nitrogens is 1. The van der Waals surface area contributed by atoms with Gasteiger partial charge in [0.1, 0.15) is 12.4 Å². The quantitative estimate of drug-likeness (QED) is 0.278. The van der Waals surface area contributed by atoms with Gasteiger partial charge in [-0.15, -0.1) is 11.3 Å². The van der Waals surface area contributed by atoms with Crippen molar-refractivity contribution in [3.05, 3.63) is 86.8 Å². The van der Waals surface area contributed by atoms with Crippen molar-refractivity contribution in [1.29, 1.82) is 0 Å². The van der Waals surface area contributed by atoms with E-state index >= 15 is 0 Å². The molecule has 1 aromatic heterocycles. The Labute approximate surface area is 219 Å². The maximum absolute atomic E-state index is 13.6. The Morgan fingerprint density at radius 2 is 1.80 bits per heavy atom. The van der Waals surface area contributed by atoms with E-state index in [0.717, 1.165) is 51.9 Å². The van der Waals surface area contributed by atoms with Gasteiger partial charge in [0, 0.05) is 35.7 Å². The molecule has 3 aliphatic rings. The van der Waals surface area contributed by atoms with Gasteiger partial charge in [-0.05, 0) is 64.3 Å². The number of thiophene rings is 1. The van der Waals surface area contributed by atoms with Crippen LogP contribution in [0.5, 0.6) is 0 Å². The van der Waals surface area contributed by atoms with E-state index in [9.17, 15) is 9.18 Å². The van der Waals surface area contributed by atoms with E-state index in [-0.39, 0.29) is 18.0 Å². The Kier molecular flexibility index (Phi) is 7.56. The molecule has 0 aliphatic carbocycles. The number of hydrogen-bond donors (Lipinski definition) is 0. The number of aryl methyl sites for hydroxylation is 1. The molecule has 3 aromatic rings. The van der Waals surface area contributed by atoms with Gasteiger partial charge < -0.3 is 9.22 Å². The number of benzene rings is 2. The number of anilines is 1. The van der Waals surface area contributed by atoms with Gasteiger partial charge in [-0.1, -0.05) is 30.3 Å². The zero-order chi connectivity index (χ0) is 24.3. The molecular weight excluding hydrogens is 527 g/mol. The summed E-state index contributed by atoms with van der Waals surface area (Å²) in [7, 11) is 0. The second kappa shape index (κ2) is 10.8. The molecule has 1 atom stereocenters. The molecule has 0 radical (unpaired) electrons. The molecule has 7 heteroatoms. The molecule has 1 amide bonds. The van der Waals surface area contributed by atoms with Crippen LogP contribution in [0.1, 0.15) is 29.7 Å². The maximum Gasteiger partial charge on any atom is 0.415 e.